The van der Waals surface area contributed by atoms with E-state index in [1.54, 1.807) is 0 Å². The molecule has 1 saturated carbocycles. The average Bonchev–Trinajstić information content (AvgIpc) is 2.76. The lowest BCUT2D eigenvalue weighted by Gasteiger charge is -2.17. The SMILES string of the molecule is O=C[C@@H]1CCC[C@@H]1CC1OCCO1. The monoisotopic (exact) mass is 184 g/mol. The fraction of sp³-hybridized carbons (Fsp3) is 0.900. The van der Waals surface area contributed by atoms with Crippen molar-refractivity contribution >= 4 is 6.29 Å². The molecule has 1 heterocycles. The Morgan fingerprint density at radius 1 is 1.23 bits per heavy atom. The van der Waals surface area contributed by atoms with E-state index in [-0.39, 0.29) is 12.2 Å². The normalized spacial score (nSPS) is 35.4. The van der Waals surface area contributed by atoms with Gasteiger partial charge in [-0.25, -0.2) is 0 Å². The van der Waals surface area contributed by atoms with Gasteiger partial charge in [0.15, 0.2) is 6.29 Å². The highest BCUT2D eigenvalue weighted by molar-refractivity contribution is 5.54. The molecule has 0 aromatic rings. The molecule has 0 amide bonds. The number of carbonyl (C=O) groups excluding carboxylic acids is 1. The summed E-state index contributed by atoms with van der Waals surface area (Å²) < 4.78 is 10.7. The molecule has 1 aliphatic carbocycles. The van der Waals surface area contributed by atoms with Gasteiger partial charge in [-0.3, -0.25) is 0 Å². The molecule has 0 aromatic heterocycles. The Balaban J connectivity index is 1.82. The van der Waals surface area contributed by atoms with Crippen molar-refractivity contribution in [3.8, 4) is 0 Å². The van der Waals surface area contributed by atoms with Gasteiger partial charge in [0, 0.05) is 12.3 Å². The summed E-state index contributed by atoms with van der Waals surface area (Å²) in [5.41, 5.74) is 0. The van der Waals surface area contributed by atoms with Crippen LogP contribution in [0.15, 0.2) is 0 Å². The molecule has 1 saturated heterocycles. The van der Waals surface area contributed by atoms with Crippen LogP contribution in [0.25, 0.3) is 0 Å². The first kappa shape index (κ1) is 9.16. The maximum Gasteiger partial charge on any atom is 0.158 e. The lowest BCUT2D eigenvalue weighted by Crippen LogP contribution is -2.18. The maximum absolute atomic E-state index is 10.7. The van der Waals surface area contributed by atoms with Crippen molar-refractivity contribution in [3.63, 3.8) is 0 Å². The minimum absolute atomic E-state index is 0.0365. The zero-order valence-electron chi connectivity index (χ0n) is 7.78. The summed E-state index contributed by atoms with van der Waals surface area (Å²) in [7, 11) is 0. The van der Waals surface area contributed by atoms with Crippen LogP contribution >= 0.6 is 0 Å². The highest BCUT2D eigenvalue weighted by Crippen LogP contribution is 2.34. The van der Waals surface area contributed by atoms with E-state index in [1.165, 1.54) is 6.42 Å². The molecule has 0 radical (unpaired) electrons. The largest absolute Gasteiger partial charge is 0.350 e. The fourth-order valence-corrected chi connectivity index (χ4v) is 2.33. The summed E-state index contributed by atoms with van der Waals surface area (Å²) in [5.74, 6) is 0.758. The van der Waals surface area contributed by atoms with E-state index in [0.717, 1.165) is 25.5 Å². The molecule has 13 heavy (non-hydrogen) atoms. The van der Waals surface area contributed by atoms with Crippen LogP contribution in [0, 0.1) is 11.8 Å². The molecular formula is C10H16O3. The first-order valence-corrected chi connectivity index (χ1v) is 5.08. The van der Waals surface area contributed by atoms with Gasteiger partial charge in [0.05, 0.1) is 13.2 Å². The Bertz CT molecular complexity index is 175. The molecule has 0 unspecified atom stereocenters. The molecule has 1 aliphatic heterocycles. The van der Waals surface area contributed by atoms with E-state index in [4.69, 9.17) is 9.47 Å². The Morgan fingerprint density at radius 3 is 2.69 bits per heavy atom. The third-order valence-corrected chi connectivity index (χ3v) is 3.08. The number of aldehydes is 1. The van der Waals surface area contributed by atoms with Gasteiger partial charge in [-0.05, 0) is 18.8 Å². The van der Waals surface area contributed by atoms with Crippen LogP contribution in [-0.2, 0) is 14.3 Å². The van der Waals surface area contributed by atoms with E-state index < -0.39 is 0 Å². The highest BCUT2D eigenvalue weighted by Gasteiger charge is 2.30. The van der Waals surface area contributed by atoms with E-state index in [0.29, 0.717) is 19.1 Å². The average molecular weight is 184 g/mol. The molecule has 2 atom stereocenters. The minimum atomic E-state index is -0.0365. The van der Waals surface area contributed by atoms with Crippen molar-refractivity contribution in [2.75, 3.05) is 13.2 Å². The molecule has 2 rings (SSSR count). The number of hydrogen-bond acceptors (Lipinski definition) is 3. The topological polar surface area (TPSA) is 35.5 Å². The Morgan fingerprint density at radius 2 is 2.00 bits per heavy atom. The van der Waals surface area contributed by atoms with Gasteiger partial charge in [-0.15, -0.1) is 0 Å². The standard InChI is InChI=1S/C10H16O3/c11-7-9-3-1-2-8(9)6-10-12-4-5-13-10/h7-10H,1-6H2/t8-,9+/m1/s1. The van der Waals surface area contributed by atoms with E-state index in [2.05, 4.69) is 0 Å². The highest BCUT2D eigenvalue weighted by atomic mass is 16.7. The van der Waals surface area contributed by atoms with Gasteiger partial charge in [0.25, 0.3) is 0 Å². The second-order valence-electron chi connectivity index (χ2n) is 3.90. The van der Waals surface area contributed by atoms with Crippen LogP contribution in [0.2, 0.25) is 0 Å². The molecule has 3 heteroatoms. The fourth-order valence-electron chi connectivity index (χ4n) is 2.33. The molecule has 0 N–H and O–H groups in total. The summed E-state index contributed by atoms with van der Waals surface area (Å²) in [4.78, 5) is 10.7. The first-order chi connectivity index (χ1) is 6.40. The predicted octanol–water partition coefficient (Wildman–Crippen LogP) is 1.36. The summed E-state index contributed by atoms with van der Waals surface area (Å²) in [6.45, 7) is 1.42. The summed E-state index contributed by atoms with van der Waals surface area (Å²) >= 11 is 0. The number of rotatable bonds is 3. The summed E-state index contributed by atoms with van der Waals surface area (Å²) in [6.07, 6.45) is 5.37. The van der Waals surface area contributed by atoms with Crippen LogP contribution in [0.5, 0.6) is 0 Å². The van der Waals surface area contributed by atoms with Crippen molar-refractivity contribution in [2.24, 2.45) is 11.8 Å². The van der Waals surface area contributed by atoms with Gasteiger partial charge in [0.2, 0.25) is 0 Å². The van der Waals surface area contributed by atoms with Crippen molar-refractivity contribution in [1.29, 1.82) is 0 Å². The van der Waals surface area contributed by atoms with Crippen LogP contribution in [0.1, 0.15) is 25.7 Å². The van der Waals surface area contributed by atoms with Crippen molar-refractivity contribution in [2.45, 2.75) is 32.0 Å². The Hall–Kier alpha value is -0.410. The zero-order valence-corrected chi connectivity index (χ0v) is 7.78. The van der Waals surface area contributed by atoms with Crippen LogP contribution in [0.4, 0.5) is 0 Å². The molecule has 2 aliphatic rings. The Labute approximate surface area is 78.4 Å². The third-order valence-electron chi connectivity index (χ3n) is 3.08. The van der Waals surface area contributed by atoms with Crippen LogP contribution in [0.3, 0.4) is 0 Å². The van der Waals surface area contributed by atoms with Crippen LogP contribution < -0.4 is 0 Å². The smallest absolute Gasteiger partial charge is 0.158 e. The van der Waals surface area contributed by atoms with E-state index in [9.17, 15) is 4.79 Å². The molecule has 2 fully saturated rings. The minimum Gasteiger partial charge on any atom is -0.350 e. The predicted molar refractivity (Wildman–Crippen MR) is 47.2 cm³/mol. The lowest BCUT2D eigenvalue weighted by molar-refractivity contribution is -0.113. The van der Waals surface area contributed by atoms with Gasteiger partial charge in [-0.2, -0.15) is 0 Å². The molecule has 0 aromatic carbocycles. The molecule has 0 spiro atoms. The van der Waals surface area contributed by atoms with Crippen molar-refractivity contribution in [1.82, 2.24) is 0 Å². The lowest BCUT2D eigenvalue weighted by atomic mass is 9.94. The van der Waals surface area contributed by atoms with Gasteiger partial charge in [-0.1, -0.05) is 6.42 Å². The summed E-state index contributed by atoms with van der Waals surface area (Å²) in [5, 5.41) is 0. The zero-order chi connectivity index (χ0) is 9.10. The second kappa shape index (κ2) is 4.20. The van der Waals surface area contributed by atoms with Gasteiger partial charge < -0.3 is 14.3 Å². The maximum atomic E-state index is 10.7. The molecule has 3 nitrogen and oxygen atoms in total. The van der Waals surface area contributed by atoms with Gasteiger partial charge in [0.1, 0.15) is 6.29 Å². The molecule has 0 bridgehead atoms. The quantitative estimate of drug-likeness (QED) is 0.621. The van der Waals surface area contributed by atoms with E-state index in [1.807, 2.05) is 0 Å². The van der Waals surface area contributed by atoms with Crippen molar-refractivity contribution < 1.29 is 14.3 Å². The number of hydrogen-bond donors (Lipinski definition) is 0. The van der Waals surface area contributed by atoms with Crippen LogP contribution in [-0.4, -0.2) is 25.8 Å². The molecular weight excluding hydrogens is 168 g/mol. The second-order valence-corrected chi connectivity index (χ2v) is 3.90. The third kappa shape index (κ3) is 2.09. The summed E-state index contributed by atoms with van der Waals surface area (Å²) in [6, 6.07) is 0. The number of ether oxygens (including phenoxy) is 2. The number of carbonyl (C=O) groups is 1. The first-order valence-electron chi connectivity index (χ1n) is 5.08. The molecule has 74 valence electrons. The van der Waals surface area contributed by atoms with E-state index >= 15 is 0 Å². The van der Waals surface area contributed by atoms with Gasteiger partial charge >= 0.3 is 0 Å². The van der Waals surface area contributed by atoms with Crippen molar-refractivity contribution in [3.05, 3.63) is 0 Å². The Kier molecular flexibility index (Phi) is 2.96.